The molecule has 3 fully saturated rings. The Balaban J connectivity index is 0.000000146. The van der Waals surface area contributed by atoms with Gasteiger partial charge < -0.3 is 21.0 Å². The van der Waals surface area contributed by atoms with E-state index < -0.39 is 27.0 Å². The second-order valence-corrected chi connectivity index (χ2v) is 23.3. The fraction of sp³-hybridized carbons (Fsp3) is 0.537. The van der Waals surface area contributed by atoms with Crippen molar-refractivity contribution < 1.29 is 22.7 Å². The molecular weight excluding hydrogens is 897 g/mol. The second-order valence-electron chi connectivity index (χ2n) is 20.5. The van der Waals surface area contributed by atoms with Gasteiger partial charge in [-0.1, -0.05) is 36.7 Å². The van der Waals surface area contributed by atoms with Crippen LogP contribution in [0, 0.1) is 40.4 Å². The van der Waals surface area contributed by atoms with E-state index in [1.807, 2.05) is 6.07 Å². The highest BCUT2D eigenvalue weighted by Crippen LogP contribution is 2.49. The molecule has 0 aliphatic heterocycles. The van der Waals surface area contributed by atoms with Crippen LogP contribution in [0.4, 0.5) is 11.4 Å². The van der Waals surface area contributed by atoms with Gasteiger partial charge in [0, 0.05) is 33.9 Å². The van der Waals surface area contributed by atoms with Crippen LogP contribution in [0.1, 0.15) is 182 Å². The highest BCUT2D eigenvalue weighted by Gasteiger charge is 2.36. The zero-order valence-corrected chi connectivity index (χ0v) is 41.2. The number of halogens is 1. The smallest absolute Gasteiger partial charge is 0.218 e. The van der Waals surface area contributed by atoms with Crippen LogP contribution in [0.2, 0.25) is 0 Å². The van der Waals surface area contributed by atoms with Crippen molar-refractivity contribution in [2.24, 2.45) is 17.8 Å². The molecule has 0 amide bonds. The number of hydrogen-bond acceptors (Lipinski definition) is 9. The molecule has 3 saturated carbocycles. The summed E-state index contributed by atoms with van der Waals surface area (Å²) in [6.45, 7) is 9.80. The second kappa shape index (κ2) is 18.7. The number of ketones is 1. The topological polar surface area (TPSA) is 184 Å². The van der Waals surface area contributed by atoms with E-state index in [1.165, 1.54) is 109 Å². The van der Waals surface area contributed by atoms with Gasteiger partial charge in [-0.05, 0) is 220 Å². The number of carbonyl (C=O) groups excluding carboxylic acids is 1. The zero-order valence-electron chi connectivity index (χ0n) is 38.8. The van der Waals surface area contributed by atoms with Crippen molar-refractivity contribution >= 4 is 42.9 Å². The number of hydrogen-bond donors (Lipinski definition) is 3. The normalized spacial score (nSPS) is 18.7. The molecule has 0 radical (unpaired) electrons. The number of nitrogen functional groups attached to an aromatic ring is 2. The number of rotatable bonds is 12. The number of carbonyl (C=O) groups is 1. The van der Waals surface area contributed by atoms with E-state index in [0.29, 0.717) is 28.9 Å². The quantitative estimate of drug-likeness (QED) is 0.116. The van der Waals surface area contributed by atoms with Crippen LogP contribution in [0.5, 0.6) is 0 Å². The Morgan fingerprint density at radius 1 is 0.723 bits per heavy atom. The minimum atomic E-state index is -3.96. The predicted octanol–water partition coefficient (Wildman–Crippen LogP) is 11.1. The molecule has 5 N–H and O–H groups in total. The summed E-state index contributed by atoms with van der Waals surface area (Å²) in [5.74, 6) is 2.59. The molecule has 0 spiro atoms. The summed E-state index contributed by atoms with van der Waals surface area (Å²) in [5, 5.41) is 28.7. The van der Waals surface area contributed by atoms with E-state index in [2.05, 4.69) is 61.0 Å². The summed E-state index contributed by atoms with van der Waals surface area (Å²) >= 11 is 3.71. The molecule has 1 aromatic heterocycles. The number of Topliss-reactive ketones (excluding diaryl/α,β-unsaturated/α-hetero) is 1. The summed E-state index contributed by atoms with van der Waals surface area (Å²) in [6.07, 6.45) is 18.4. The number of nitrogens with two attached hydrogens (primary N) is 2. The van der Waals surface area contributed by atoms with Crippen LogP contribution in [0.3, 0.4) is 0 Å². The van der Waals surface area contributed by atoms with Gasteiger partial charge in [0.2, 0.25) is 14.9 Å². The maximum Gasteiger partial charge on any atom is 0.218 e. The molecule has 344 valence electrons. The molecule has 0 saturated heterocycles. The predicted molar refractivity (Wildman–Crippen MR) is 259 cm³/mol. The molecule has 6 aliphatic rings. The fourth-order valence-corrected chi connectivity index (χ4v) is 12.8. The number of sulfone groups is 1. The minimum absolute atomic E-state index is 0.0404. The van der Waals surface area contributed by atoms with Crippen LogP contribution in [-0.4, -0.2) is 25.1 Å². The Morgan fingerprint density at radius 2 is 1.15 bits per heavy atom. The lowest BCUT2D eigenvalue weighted by Gasteiger charge is -2.20. The molecule has 0 unspecified atom stereocenters. The monoisotopic (exact) mass is 960 g/mol. The first-order valence-electron chi connectivity index (χ1n) is 24.0. The van der Waals surface area contributed by atoms with E-state index >= 15 is 0 Å². The van der Waals surface area contributed by atoms with E-state index in [9.17, 15) is 28.8 Å². The van der Waals surface area contributed by atoms with Gasteiger partial charge in [-0.15, -0.1) is 0 Å². The van der Waals surface area contributed by atoms with Crippen molar-refractivity contribution in [3.05, 3.63) is 107 Å². The Morgan fingerprint density at radius 3 is 1.65 bits per heavy atom. The first-order chi connectivity index (χ1) is 30.9. The number of anilines is 2. The van der Waals surface area contributed by atoms with Crippen molar-refractivity contribution in [1.29, 1.82) is 10.5 Å². The lowest BCUT2D eigenvalue weighted by atomic mass is 9.84. The minimum Gasteiger partial charge on any atom is -0.453 e. The molecule has 10 rings (SSSR count). The molecular formula is C54H65BrN4O5S. The maximum absolute atomic E-state index is 13.0. The van der Waals surface area contributed by atoms with E-state index in [1.54, 1.807) is 0 Å². The number of fused-ring (bicyclic) bond motifs is 3. The van der Waals surface area contributed by atoms with Gasteiger partial charge in [0.05, 0.1) is 35.1 Å². The molecule has 11 heteroatoms. The van der Waals surface area contributed by atoms with Gasteiger partial charge in [0.25, 0.3) is 0 Å². The summed E-state index contributed by atoms with van der Waals surface area (Å²) in [4.78, 5) is 13.0. The number of nitrogens with zero attached hydrogens (tertiary/aromatic N) is 2. The Labute approximate surface area is 394 Å². The third-order valence-corrected chi connectivity index (χ3v) is 17.7. The highest BCUT2D eigenvalue weighted by atomic mass is 79.9. The van der Waals surface area contributed by atoms with Crippen molar-refractivity contribution in [3.63, 3.8) is 0 Å². The van der Waals surface area contributed by atoms with E-state index in [0.717, 1.165) is 102 Å². The molecule has 0 bridgehead atoms. The summed E-state index contributed by atoms with van der Waals surface area (Å²) in [6, 6.07) is 12.2. The van der Waals surface area contributed by atoms with E-state index in [4.69, 9.17) is 15.9 Å². The molecule has 9 nitrogen and oxygen atoms in total. The van der Waals surface area contributed by atoms with Crippen LogP contribution in [0.25, 0.3) is 0 Å². The van der Waals surface area contributed by atoms with Crippen molar-refractivity contribution in [2.45, 2.75) is 166 Å². The first kappa shape index (κ1) is 47.1. The third-order valence-electron chi connectivity index (χ3n) is 15.5. The number of nitriles is 2. The van der Waals surface area contributed by atoms with Crippen LogP contribution < -0.4 is 11.5 Å². The van der Waals surface area contributed by atoms with Gasteiger partial charge in [-0.2, -0.15) is 10.5 Å². The van der Waals surface area contributed by atoms with Gasteiger partial charge in [0.1, 0.15) is 5.75 Å². The third kappa shape index (κ3) is 10.00. The largest absolute Gasteiger partial charge is 0.453 e. The Kier molecular flexibility index (Phi) is 13.5. The van der Waals surface area contributed by atoms with Gasteiger partial charge >= 0.3 is 0 Å². The van der Waals surface area contributed by atoms with Crippen molar-refractivity contribution in [2.75, 3.05) is 17.2 Å². The van der Waals surface area contributed by atoms with Crippen LogP contribution >= 0.6 is 15.9 Å². The SMILES string of the molecule is C[C@@H](c1cc(Br)c2c(c1N)CCC2)C1CC1.C[C@@H](c1cc(C#N)c2c(c1CC(=O)CS(=O)(=O)c1cc(C(C)(C)O)co1)CCC2)C1CC1.C[C@@H](c1cc(C#N)c2c(c1N)CCC2)C1CC1. The van der Waals surface area contributed by atoms with Crippen molar-refractivity contribution in [3.8, 4) is 12.1 Å². The Bertz CT molecular complexity index is 2710. The summed E-state index contributed by atoms with van der Waals surface area (Å²) in [5.41, 5.74) is 27.4. The van der Waals surface area contributed by atoms with Gasteiger partial charge in [-0.25, -0.2) is 8.42 Å². The summed E-state index contributed by atoms with van der Waals surface area (Å²) < 4.78 is 32.1. The van der Waals surface area contributed by atoms with Crippen LogP contribution in [0.15, 0.2) is 44.5 Å². The van der Waals surface area contributed by atoms with Crippen molar-refractivity contribution in [1.82, 2.24) is 0 Å². The molecule has 1 heterocycles. The highest BCUT2D eigenvalue weighted by molar-refractivity contribution is 9.10. The number of benzene rings is 3. The van der Waals surface area contributed by atoms with Gasteiger partial charge in [-0.3, -0.25) is 4.79 Å². The molecule has 6 aliphatic carbocycles. The lowest BCUT2D eigenvalue weighted by Crippen LogP contribution is -2.20. The zero-order chi connectivity index (χ0) is 46.5. The lowest BCUT2D eigenvalue weighted by molar-refractivity contribution is -0.116. The molecule has 4 aromatic rings. The fourth-order valence-electron chi connectivity index (χ4n) is 10.9. The first-order valence-corrected chi connectivity index (χ1v) is 26.4. The average molecular weight is 962 g/mol. The number of aliphatic hydroxyl groups is 1. The molecule has 3 atom stereocenters. The maximum atomic E-state index is 13.0. The summed E-state index contributed by atoms with van der Waals surface area (Å²) in [7, 11) is -3.96. The van der Waals surface area contributed by atoms with E-state index in [-0.39, 0.29) is 17.4 Å². The molecule has 3 aromatic carbocycles. The number of furan rings is 1. The standard InChI is InChI=1S/C25H29NO5S.C15H18N2.C14H18BrN/c1-15(16-7-8-16)22-9-17(12-26)20-5-4-6-21(20)23(22)11-19(27)14-32(29,30)24-10-18(13-31-24)25(2,3)28;1-9(10-5-6-10)14-7-11(8-16)12-3-2-4-13(12)15(14)17;1-8(9-5-6-9)12-7-13(15)10-3-2-4-11(10)14(12)16/h9-10,13,15-16,28H,4-8,11,14H2,1-3H3;7,9-10H,2-6,17H2,1H3;7-9H,2-6,16H2,1H3/t15-;9-;8-/m111/s1. The molecule has 65 heavy (non-hydrogen) atoms. The van der Waals surface area contributed by atoms with Crippen LogP contribution in [-0.2, 0) is 65.2 Å². The van der Waals surface area contributed by atoms with Gasteiger partial charge in [0.15, 0.2) is 5.78 Å². The average Bonchev–Trinajstić information content (AvgIpc) is 4.24. The Hall–Kier alpha value is -4.42.